The van der Waals surface area contributed by atoms with Gasteiger partial charge in [-0.05, 0) is 59.9 Å². The molecule has 31 heavy (non-hydrogen) atoms. The molecule has 0 saturated heterocycles. The summed E-state index contributed by atoms with van der Waals surface area (Å²) in [5, 5.41) is 2.44. The zero-order valence-electron chi connectivity index (χ0n) is 17.2. The first-order chi connectivity index (χ1) is 15.0. The number of anilines is 2. The van der Waals surface area contributed by atoms with Crippen LogP contribution in [0.5, 0.6) is 0 Å². The Morgan fingerprint density at radius 1 is 1.03 bits per heavy atom. The number of nitrogens with zero attached hydrogens (tertiary/aromatic N) is 3. The summed E-state index contributed by atoms with van der Waals surface area (Å²) in [4.78, 5) is 27.3. The van der Waals surface area contributed by atoms with Crippen LogP contribution in [0, 0.1) is 6.92 Å². The molecule has 0 saturated carbocycles. The van der Waals surface area contributed by atoms with Gasteiger partial charge < -0.3 is 0 Å². The van der Waals surface area contributed by atoms with Gasteiger partial charge in [0.15, 0.2) is 0 Å². The number of fused-ring (bicyclic) bond motifs is 2. The van der Waals surface area contributed by atoms with Crippen LogP contribution in [0.3, 0.4) is 0 Å². The molecule has 5 rings (SSSR count). The number of hydrazine groups is 2. The van der Waals surface area contributed by atoms with Crippen molar-refractivity contribution in [2.45, 2.75) is 19.4 Å². The van der Waals surface area contributed by atoms with Crippen LogP contribution in [0.2, 0.25) is 0 Å². The van der Waals surface area contributed by atoms with E-state index in [2.05, 4.69) is 0 Å². The molecule has 4 N–H and O–H groups in total. The first-order valence-electron chi connectivity index (χ1n) is 10.2. The van der Waals surface area contributed by atoms with E-state index in [1.165, 1.54) is 10.0 Å². The summed E-state index contributed by atoms with van der Waals surface area (Å²) in [5.74, 6) is 12.2. The molecule has 0 fully saturated rings. The van der Waals surface area contributed by atoms with Crippen LogP contribution in [0.25, 0.3) is 0 Å². The van der Waals surface area contributed by atoms with Crippen molar-refractivity contribution < 1.29 is 9.59 Å². The monoisotopic (exact) mass is 413 g/mol. The molecular weight excluding hydrogens is 390 g/mol. The molecule has 3 amide bonds. The normalized spacial score (nSPS) is 17.0. The fraction of sp³-hybridized carbons (Fsp3) is 0.167. The van der Waals surface area contributed by atoms with Gasteiger partial charge in [0.2, 0.25) is 0 Å². The smallest absolute Gasteiger partial charge is 0.292 e. The number of hydrogen-bond acceptors (Lipinski definition) is 4. The van der Waals surface area contributed by atoms with Crippen LogP contribution >= 0.6 is 0 Å². The van der Waals surface area contributed by atoms with E-state index in [9.17, 15) is 9.59 Å². The Bertz CT molecular complexity index is 1210. The lowest BCUT2D eigenvalue weighted by Gasteiger charge is -2.26. The molecule has 0 aliphatic carbocycles. The minimum Gasteiger partial charge on any atom is -0.292 e. The van der Waals surface area contributed by atoms with Crippen molar-refractivity contribution in [1.29, 1.82) is 0 Å². The second kappa shape index (κ2) is 7.23. The van der Waals surface area contributed by atoms with E-state index >= 15 is 0 Å². The zero-order valence-corrected chi connectivity index (χ0v) is 17.2. The molecule has 7 heteroatoms. The average Bonchev–Trinajstić information content (AvgIpc) is 3.33. The number of carbonyl (C=O) groups excluding carboxylic acids is 2. The number of para-hydroxylation sites is 1. The maximum Gasteiger partial charge on any atom is 0.343 e. The predicted molar refractivity (Wildman–Crippen MR) is 119 cm³/mol. The van der Waals surface area contributed by atoms with E-state index in [4.69, 9.17) is 11.7 Å². The second-order valence-corrected chi connectivity index (χ2v) is 7.93. The first kappa shape index (κ1) is 19.3. The molecule has 156 valence electrons. The molecule has 0 spiro atoms. The third-order valence-corrected chi connectivity index (χ3v) is 6.15. The third-order valence-electron chi connectivity index (χ3n) is 6.15. The van der Waals surface area contributed by atoms with Crippen molar-refractivity contribution in [2.24, 2.45) is 11.7 Å². The number of rotatable bonds is 2. The summed E-state index contributed by atoms with van der Waals surface area (Å²) in [5.41, 5.74) is 5.91. The molecule has 3 aromatic carbocycles. The van der Waals surface area contributed by atoms with Gasteiger partial charge in [0.05, 0.1) is 11.7 Å². The summed E-state index contributed by atoms with van der Waals surface area (Å²) >= 11 is 0. The molecule has 1 unspecified atom stereocenters. The van der Waals surface area contributed by atoms with Gasteiger partial charge in [0.1, 0.15) is 0 Å². The van der Waals surface area contributed by atoms with Gasteiger partial charge >= 0.3 is 6.03 Å². The van der Waals surface area contributed by atoms with Crippen LogP contribution in [0.4, 0.5) is 16.2 Å². The van der Waals surface area contributed by atoms with E-state index in [1.807, 2.05) is 61.5 Å². The van der Waals surface area contributed by atoms with Crippen molar-refractivity contribution in [1.82, 2.24) is 5.01 Å². The number of urea groups is 1. The topological polar surface area (TPSA) is 95.9 Å². The first-order valence-corrected chi connectivity index (χ1v) is 10.2. The quantitative estimate of drug-likeness (QED) is 0.383. The number of carbonyl (C=O) groups is 2. The maximum atomic E-state index is 13.1. The molecule has 0 radical (unpaired) electrons. The highest BCUT2D eigenvalue weighted by atomic mass is 16.2. The van der Waals surface area contributed by atoms with Crippen LogP contribution in [0.1, 0.15) is 38.7 Å². The average molecular weight is 413 g/mol. The van der Waals surface area contributed by atoms with Gasteiger partial charge in [-0.2, -0.15) is 0 Å². The van der Waals surface area contributed by atoms with Gasteiger partial charge in [0, 0.05) is 17.8 Å². The van der Waals surface area contributed by atoms with Crippen LogP contribution in [-0.2, 0) is 6.42 Å². The fourth-order valence-corrected chi connectivity index (χ4v) is 4.55. The van der Waals surface area contributed by atoms with Crippen LogP contribution < -0.4 is 21.6 Å². The van der Waals surface area contributed by atoms with Crippen molar-refractivity contribution >= 4 is 23.3 Å². The molecule has 7 nitrogen and oxygen atoms in total. The van der Waals surface area contributed by atoms with E-state index in [-0.39, 0.29) is 18.0 Å². The number of amides is 3. The largest absolute Gasteiger partial charge is 0.343 e. The highest BCUT2D eigenvalue weighted by molar-refractivity contribution is 6.04. The summed E-state index contributed by atoms with van der Waals surface area (Å²) in [6, 6.07) is 20.2. The molecule has 2 aliphatic rings. The highest BCUT2D eigenvalue weighted by Crippen LogP contribution is 2.38. The Hall–Kier alpha value is -3.68. The number of aryl methyl sites for hydroxylation is 1. The lowest BCUT2D eigenvalue weighted by Crippen LogP contribution is -2.47. The van der Waals surface area contributed by atoms with E-state index in [0.29, 0.717) is 17.8 Å². The molecule has 2 aliphatic heterocycles. The molecule has 0 aromatic heterocycles. The third kappa shape index (κ3) is 2.98. The molecule has 1 atom stereocenters. The number of nitrogens with two attached hydrogens (primary N) is 2. The summed E-state index contributed by atoms with van der Waals surface area (Å²) < 4.78 is 0. The van der Waals surface area contributed by atoms with Crippen molar-refractivity contribution in [3.05, 3.63) is 94.5 Å². The van der Waals surface area contributed by atoms with Gasteiger partial charge in [0.25, 0.3) is 5.91 Å². The Balaban J connectivity index is 1.44. The molecule has 0 bridgehead atoms. The number of benzene rings is 3. The Labute approximate surface area is 180 Å². The lowest BCUT2D eigenvalue weighted by atomic mass is 9.94. The van der Waals surface area contributed by atoms with Gasteiger partial charge in [-0.25, -0.2) is 21.5 Å². The Morgan fingerprint density at radius 2 is 1.77 bits per heavy atom. The van der Waals surface area contributed by atoms with Gasteiger partial charge in [-0.3, -0.25) is 14.7 Å². The zero-order chi connectivity index (χ0) is 21.7. The minimum atomic E-state index is -0.370. The molecular formula is C24H23N5O2. The second-order valence-electron chi connectivity index (χ2n) is 7.93. The van der Waals surface area contributed by atoms with Crippen molar-refractivity contribution in [2.75, 3.05) is 16.5 Å². The SMILES string of the molecule is Cc1cc(N(N)C(=O)N2CCc3ccccc32)ccc1C1c2ccccc2C(=O)N1N. The molecule has 2 heterocycles. The molecule has 3 aromatic rings. The van der Waals surface area contributed by atoms with E-state index in [0.717, 1.165) is 34.4 Å². The van der Waals surface area contributed by atoms with Crippen LogP contribution in [0.15, 0.2) is 66.7 Å². The standard InChI is InChI=1S/C24H23N5O2/c1-15-14-17(28(25)24(31)27-13-12-16-6-2-5-9-21(16)27)10-11-18(15)22-19-7-3-4-8-20(19)23(30)29(22)26/h2-11,14,22H,12-13,25-26H2,1H3. The van der Waals surface area contributed by atoms with Gasteiger partial charge in [-0.1, -0.05) is 42.5 Å². The predicted octanol–water partition coefficient (Wildman–Crippen LogP) is 3.28. The van der Waals surface area contributed by atoms with E-state index in [1.54, 1.807) is 17.0 Å². The van der Waals surface area contributed by atoms with E-state index < -0.39 is 0 Å². The number of hydrogen-bond donors (Lipinski definition) is 2. The lowest BCUT2D eigenvalue weighted by molar-refractivity contribution is 0.0749. The highest BCUT2D eigenvalue weighted by Gasteiger charge is 2.36. The fourth-order valence-electron chi connectivity index (χ4n) is 4.55. The van der Waals surface area contributed by atoms with Crippen molar-refractivity contribution in [3.63, 3.8) is 0 Å². The van der Waals surface area contributed by atoms with Crippen LogP contribution in [-0.4, -0.2) is 23.5 Å². The maximum absolute atomic E-state index is 13.1. The van der Waals surface area contributed by atoms with Crippen molar-refractivity contribution in [3.8, 4) is 0 Å². The Kier molecular flexibility index (Phi) is 4.50. The summed E-state index contributed by atoms with van der Waals surface area (Å²) in [6.07, 6.45) is 0.815. The summed E-state index contributed by atoms with van der Waals surface area (Å²) in [7, 11) is 0. The Morgan fingerprint density at radius 3 is 2.58 bits per heavy atom. The summed E-state index contributed by atoms with van der Waals surface area (Å²) in [6.45, 7) is 2.54. The minimum absolute atomic E-state index is 0.201. The van der Waals surface area contributed by atoms with Gasteiger partial charge in [-0.15, -0.1) is 0 Å².